The third-order valence-electron chi connectivity index (χ3n) is 3.08. The predicted molar refractivity (Wildman–Crippen MR) is 75.4 cm³/mol. The maximum absolute atomic E-state index is 13.6. The van der Waals surface area contributed by atoms with Gasteiger partial charge in [-0.1, -0.05) is 22.8 Å². The number of likely N-dealkylation sites (N-methyl/N-ethyl adjacent to an activating group) is 1. The van der Waals surface area contributed by atoms with Crippen LogP contribution in [-0.4, -0.2) is 34.9 Å². The van der Waals surface area contributed by atoms with Crippen LogP contribution in [0.4, 0.5) is 4.39 Å². The highest BCUT2D eigenvalue weighted by atomic mass is 35.5. The van der Waals surface area contributed by atoms with Gasteiger partial charge in [0.25, 0.3) is 0 Å². The maximum atomic E-state index is 13.6. The summed E-state index contributed by atoms with van der Waals surface area (Å²) in [5.74, 6) is -0.778. The summed E-state index contributed by atoms with van der Waals surface area (Å²) in [6.07, 6.45) is 0.0895. The molecule has 1 atom stereocenters. The summed E-state index contributed by atoms with van der Waals surface area (Å²) in [4.78, 5) is 13.5. The molecule has 1 aromatic carbocycles. The maximum Gasteiger partial charge on any atom is 0.227 e. The Balaban J connectivity index is 2.76. The molecule has 3 N–H and O–H groups in total. The second-order valence-corrected chi connectivity index (χ2v) is 4.93. The molecule has 0 saturated carbocycles. The van der Waals surface area contributed by atoms with E-state index in [-0.39, 0.29) is 41.2 Å². The highest BCUT2D eigenvalue weighted by Crippen LogP contribution is 2.20. The average molecular weight is 302 g/mol. The number of amidine groups is 1. The van der Waals surface area contributed by atoms with Crippen LogP contribution in [-0.2, 0) is 11.2 Å². The fourth-order valence-corrected chi connectivity index (χ4v) is 1.93. The Kier molecular flexibility index (Phi) is 5.76. The van der Waals surface area contributed by atoms with Gasteiger partial charge in [-0.05, 0) is 19.1 Å². The van der Waals surface area contributed by atoms with Gasteiger partial charge in [-0.2, -0.15) is 0 Å². The normalized spacial score (nSPS) is 13.1. The Hall–Kier alpha value is -1.82. The number of hydrogen-bond acceptors (Lipinski definition) is 3. The number of nitrogens with two attached hydrogens (primary N) is 1. The molecule has 0 aromatic heterocycles. The molecule has 0 bridgehead atoms. The van der Waals surface area contributed by atoms with E-state index in [1.165, 1.54) is 23.1 Å². The third-order valence-corrected chi connectivity index (χ3v) is 3.43. The lowest BCUT2D eigenvalue weighted by Gasteiger charge is -2.24. The summed E-state index contributed by atoms with van der Waals surface area (Å²) < 4.78 is 13.6. The average Bonchev–Trinajstić information content (AvgIpc) is 2.41. The molecule has 0 spiro atoms. The summed E-state index contributed by atoms with van der Waals surface area (Å²) in [7, 11) is 1.58. The molecular formula is C13H17ClFN3O2. The van der Waals surface area contributed by atoms with Crippen LogP contribution in [0.5, 0.6) is 0 Å². The van der Waals surface area contributed by atoms with Crippen LogP contribution in [0, 0.1) is 5.82 Å². The first-order valence-electron chi connectivity index (χ1n) is 6.01. The van der Waals surface area contributed by atoms with Crippen molar-refractivity contribution in [1.29, 1.82) is 0 Å². The van der Waals surface area contributed by atoms with E-state index in [9.17, 15) is 9.18 Å². The molecule has 110 valence electrons. The largest absolute Gasteiger partial charge is 0.409 e. The Morgan fingerprint density at radius 2 is 2.25 bits per heavy atom. The van der Waals surface area contributed by atoms with E-state index >= 15 is 0 Å². The molecule has 0 saturated heterocycles. The van der Waals surface area contributed by atoms with Crippen molar-refractivity contribution in [2.24, 2.45) is 10.9 Å². The second kappa shape index (κ2) is 7.09. The van der Waals surface area contributed by atoms with Gasteiger partial charge in [-0.3, -0.25) is 4.79 Å². The Morgan fingerprint density at radius 3 is 2.80 bits per heavy atom. The molecule has 0 radical (unpaired) electrons. The lowest BCUT2D eigenvalue weighted by Crippen LogP contribution is -2.38. The van der Waals surface area contributed by atoms with Crippen molar-refractivity contribution in [1.82, 2.24) is 4.90 Å². The summed E-state index contributed by atoms with van der Waals surface area (Å²) in [5, 5.41) is 11.6. The zero-order chi connectivity index (χ0) is 15.3. The van der Waals surface area contributed by atoms with Crippen LogP contribution < -0.4 is 5.73 Å². The fraction of sp³-hybridized carbons (Fsp3) is 0.385. The number of oxime groups is 1. The van der Waals surface area contributed by atoms with Crippen LogP contribution in [0.1, 0.15) is 18.9 Å². The lowest BCUT2D eigenvalue weighted by molar-refractivity contribution is -0.130. The van der Waals surface area contributed by atoms with E-state index in [1.807, 2.05) is 0 Å². The molecule has 7 heteroatoms. The van der Waals surface area contributed by atoms with Crippen molar-refractivity contribution < 1.29 is 14.4 Å². The molecule has 1 rings (SSSR count). The molecule has 5 nitrogen and oxygen atoms in total. The second-order valence-electron chi connectivity index (χ2n) is 4.53. The minimum atomic E-state index is -0.511. The van der Waals surface area contributed by atoms with Crippen molar-refractivity contribution in [2.75, 3.05) is 7.05 Å². The molecule has 1 aromatic rings. The van der Waals surface area contributed by atoms with E-state index in [1.54, 1.807) is 14.0 Å². The van der Waals surface area contributed by atoms with Gasteiger partial charge in [0.05, 0.1) is 6.42 Å². The van der Waals surface area contributed by atoms with Crippen molar-refractivity contribution in [3.8, 4) is 0 Å². The third kappa shape index (κ3) is 4.09. The van der Waals surface area contributed by atoms with Gasteiger partial charge in [-0.15, -0.1) is 0 Å². The fourth-order valence-electron chi connectivity index (χ4n) is 1.70. The van der Waals surface area contributed by atoms with Gasteiger partial charge in [0.1, 0.15) is 11.7 Å². The molecule has 20 heavy (non-hydrogen) atoms. The van der Waals surface area contributed by atoms with Crippen molar-refractivity contribution in [3.63, 3.8) is 0 Å². The van der Waals surface area contributed by atoms with Crippen molar-refractivity contribution in [3.05, 3.63) is 34.6 Å². The summed E-state index contributed by atoms with van der Waals surface area (Å²) >= 11 is 5.88. The van der Waals surface area contributed by atoms with E-state index in [0.29, 0.717) is 0 Å². The summed E-state index contributed by atoms with van der Waals surface area (Å²) in [5.41, 5.74) is 5.56. The first-order valence-corrected chi connectivity index (χ1v) is 6.39. The molecule has 0 fully saturated rings. The number of benzene rings is 1. The monoisotopic (exact) mass is 301 g/mol. The highest BCUT2D eigenvalue weighted by Gasteiger charge is 2.19. The van der Waals surface area contributed by atoms with Gasteiger partial charge in [0, 0.05) is 30.1 Å². The molecule has 0 aliphatic rings. The summed E-state index contributed by atoms with van der Waals surface area (Å²) in [6, 6.07) is 4.00. The topological polar surface area (TPSA) is 78.9 Å². The first-order chi connectivity index (χ1) is 9.36. The van der Waals surface area contributed by atoms with Gasteiger partial charge in [0.2, 0.25) is 5.91 Å². The summed E-state index contributed by atoms with van der Waals surface area (Å²) in [6.45, 7) is 1.75. The zero-order valence-electron chi connectivity index (χ0n) is 11.3. The predicted octanol–water partition coefficient (Wildman–Crippen LogP) is 2.00. The lowest BCUT2D eigenvalue weighted by atomic mass is 10.1. The van der Waals surface area contributed by atoms with Crippen LogP contribution >= 0.6 is 11.6 Å². The van der Waals surface area contributed by atoms with E-state index in [4.69, 9.17) is 22.5 Å². The first kappa shape index (κ1) is 16.2. The minimum absolute atomic E-state index is 0.0288. The van der Waals surface area contributed by atoms with Crippen LogP contribution in [0.3, 0.4) is 0 Å². The van der Waals surface area contributed by atoms with E-state index in [2.05, 4.69) is 5.16 Å². The molecule has 1 amide bonds. The number of rotatable bonds is 5. The number of nitrogens with zero attached hydrogens (tertiary/aromatic N) is 2. The van der Waals surface area contributed by atoms with Gasteiger partial charge < -0.3 is 15.8 Å². The van der Waals surface area contributed by atoms with Gasteiger partial charge in [-0.25, -0.2) is 4.39 Å². The quantitative estimate of drug-likeness (QED) is 0.378. The molecule has 0 aliphatic heterocycles. The number of carbonyl (C=O) groups is 1. The van der Waals surface area contributed by atoms with E-state index in [0.717, 1.165) is 0 Å². The zero-order valence-corrected chi connectivity index (χ0v) is 12.1. The Labute approximate surface area is 121 Å². The SMILES string of the molecule is CC(CC(N)=NO)N(C)C(=O)Cc1c(F)cccc1Cl. The number of carbonyl (C=O) groups excluding carboxylic acids is 1. The Morgan fingerprint density at radius 1 is 1.60 bits per heavy atom. The van der Waals surface area contributed by atoms with Crippen LogP contribution in [0.2, 0.25) is 5.02 Å². The minimum Gasteiger partial charge on any atom is -0.409 e. The van der Waals surface area contributed by atoms with Crippen molar-refractivity contribution >= 4 is 23.3 Å². The van der Waals surface area contributed by atoms with Crippen LogP contribution in [0.15, 0.2) is 23.4 Å². The van der Waals surface area contributed by atoms with Gasteiger partial charge in [0.15, 0.2) is 0 Å². The number of halogens is 2. The highest BCUT2D eigenvalue weighted by molar-refractivity contribution is 6.31. The standard InChI is InChI=1S/C13H17ClFN3O2/c1-8(6-12(16)17-20)18(2)13(19)7-9-10(14)4-3-5-11(9)15/h3-5,8,20H,6-7H2,1-2H3,(H2,16,17). The molecular weight excluding hydrogens is 285 g/mol. The van der Waals surface area contributed by atoms with Crippen LogP contribution in [0.25, 0.3) is 0 Å². The van der Waals surface area contributed by atoms with Gasteiger partial charge >= 0.3 is 0 Å². The van der Waals surface area contributed by atoms with E-state index < -0.39 is 5.82 Å². The molecule has 0 heterocycles. The molecule has 1 unspecified atom stereocenters. The molecule has 0 aliphatic carbocycles. The number of hydrogen-bond donors (Lipinski definition) is 2. The number of amides is 1. The smallest absolute Gasteiger partial charge is 0.227 e. The van der Waals surface area contributed by atoms with Crippen molar-refractivity contribution in [2.45, 2.75) is 25.8 Å². The Bertz CT molecular complexity index is 502.